The van der Waals surface area contributed by atoms with E-state index < -0.39 is 0 Å². The molecule has 0 bridgehead atoms. The minimum atomic E-state index is -0.00120. The second kappa shape index (κ2) is 6.20. The molecule has 0 saturated carbocycles. The number of carbonyl (C=O) groups is 1. The topological polar surface area (TPSA) is 32.3 Å². The molecule has 1 heterocycles. The van der Waals surface area contributed by atoms with E-state index in [1.807, 2.05) is 23.1 Å². The zero-order valence-corrected chi connectivity index (χ0v) is 12.1. The van der Waals surface area contributed by atoms with Gasteiger partial charge >= 0.3 is 0 Å². The van der Waals surface area contributed by atoms with E-state index in [0.717, 1.165) is 25.1 Å². The normalized spacial score (nSPS) is 25.1. The summed E-state index contributed by atoms with van der Waals surface area (Å²) in [5.41, 5.74) is 1.13. The first kappa shape index (κ1) is 14.1. The molecule has 1 aliphatic rings. The zero-order valence-electron chi connectivity index (χ0n) is 12.1. The van der Waals surface area contributed by atoms with Crippen LogP contribution < -0.4 is 5.32 Å². The van der Waals surface area contributed by atoms with Crippen molar-refractivity contribution in [3.63, 3.8) is 0 Å². The van der Waals surface area contributed by atoms with Crippen molar-refractivity contribution in [1.82, 2.24) is 10.2 Å². The van der Waals surface area contributed by atoms with Crippen LogP contribution in [0.15, 0.2) is 30.3 Å². The molecule has 0 aliphatic carbocycles. The Kier molecular flexibility index (Phi) is 4.59. The lowest BCUT2D eigenvalue weighted by atomic mass is 9.94. The van der Waals surface area contributed by atoms with E-state index in [2.05, 4.69) is 38.2 Å². The van der Waals surface area contributed by atoms with Crippen molar-refractivity contribution >= 4 is 5.91 Å². The van der Waals surface area contributed by atoms with Crippen LogP contribution in [0.1, 0.15) is 38.7 Å². The van der Waals surface area contributed by atoms with Gasteiger partial charge in [0.2, 0.25) is 5.91 Å². The van der Waals surface area contributed by atoms with Gasteiger partial charge < -0.3 is 10.2 Å². The summed E-state index contributed by atoms with van der Waals surface area (Å²) in [6.45, 7) is 7.99. The Labute approximate surface area is 116 Å². The third kappa shape index (κ3) is 3.35. The third-order valence-electron chi connectivity index (χ3n) is 3.78. The molecule has 2 rings (SSSR count). The molecule has 104 valence electrons. The Hall–Kier alpha value is -1.35. The number of rotatable bonds is 3. The molecule has 1 fully saturated rings. The van der Waals surface area contributed by atoms with Crippen molar-refractivity contribution in [3.8, 4) is 0 Å². The maximum Gasteiger partial charge on any atom is 0.230 e. The van der Waals surface area contributed by atoms with Crippen LogP contribution >= 0.6 is 0 Å². The fraction of sp³-hybridized carbons (Fsp3) is 0.562. The van der Waals surface area contributed by atoms with Gasteiger partial charge in [0.05, 0.1) is 5.92 Å². The number of amides is 1. The van der Waals surface area contributed by atoms with Gasteiger partial charge in [0.25, 0.3) is 0 Å². The van der Waals surface area contributed by atoms with Crippen LogP contribution in [-0.4, -0.2) is 36.0 Å². The van der Waals surface area contributed by atoms with Crippen LogP contribution in [0.4, 0.5) is 0 Å². The molecule has 0 spiro atoms. The lowest BCUT2D eigenvalue weighted by Gasteiger charge is -2.38. The Morgan fingerprint density at radius 1 is 1.26 bits per heavy atom. The second-order valence-corrected chi connectivity index (χ2v) is 5.58. The number of nitrogens with one attached hydrogen (secondary N) is 1. The van der Waals surface area contributed by atoms with Crippen LogP contribution in [0.2, 0.25) is 0 Å². The predicted octanol–water partition coefficient (Wildman–Crippen LogP) is 2.39. The molecule has 1 amide bonds. The van der Waals surface area contributed by atoms with Gasteiger partial charge in [-0.3, -0.25) is 4.79 Å². The summed E-state index contributed by atoms with van der Waals surface area (Å²) in [6.07, 6.45) is 0.857. The fourth-order valence-electron chi connectivity index (χ4n) is 2.97. The molecule has 0 radical (unpaired) electrons. The van der Waals surface area contributed by atoms with Gasteiger partial charge in [-0.2, -0.15) is 0 Å². The average Bonchev–Trinajstić information content (AvgIpc) is 2.39. The average molecular weight is 260 g/mol. The number of nitrogens with zero attached hydrogens (tertiary/aromatic N) is 1. The lowest BCUT2D eigenvalue weighted by molar-refractivity contribution is -0.134. The van der Waals surface area contributed by atoms with Gasteiger partial charge in [-0.25, -0.2) is 0 Å². The largest absolute Gasteiger partial charge is 0.339 e. The molecule has 1 saturated heterocycles. The van der Waals surface area contributed by atoms with Gasteiger partial charge in [0.15, 0.2) is 0 Å². The molecule has 3 unspecified atom stereocenters. The van der Waals surface area contributed by atoms with Crippen LogP contribution in [-0.2, 0) is 4.79 Å². The SMILES string of the molecule is CCC(C(=O)N1CC(C)NC(C)C1)c1ccccc1. The molecule has 0 aromatic heterocycles. The van der Waals surface area contributed by atoms with Crippen LogP contribution in [0.25, 0.3) is 0 Å². The van der Waals surface area contributed by atoms with Gasteiger partial charge in [0, 0.05) is 25.2 Å². The molecule has 1 aromatic carbocycles. The summed E-state index contributed by atoms with van der Waals surface area (Å²) in [6, 6.07) is 10.9. The summed E-state index contributed by atoms with van der Waals surface area (Å²) in [5, 5.41) is 3.47. The highest BCUT2D eigenvalue weighted by Gasteiger charge is 2.29. The lowest BCUT2D eigenvalue weighted by Crippen LogP contribution is -2.56. The van der Waals surface area contributed by atoms with Gasteiger partial charge in [-0.15, -0.1) is 0 Å². The van der Waals surface area contributed by atoms with Gasteiger partial charge in [-0.05, 0) is 25.8 Å². The molecular weight excluding hydrogens is 236 g/mol. The van der Waals surface area contributed by atoms with E-state index >= 15 is 0 Å². The molecule has 1 aromatic rings. The maximum absolute atomic E-state index is 12.7. The standard InChI is InChI=1S/C16H24N2O/c1-4-15(14-8-6-5-7-9-14)16(19)18-10-12(2)17-13(3)11-18/h5-9,12-13,15,17H,4,10-11H2,1-3H3. The second-order valence-electron chi connectivity index (χ2n) is 5.58. The summed E-state index contributed by atoms with van der Waals surface area (Å²) in [7, 11) is 0. The first-order valence-corrected chi connectivity index (χ1v) is 7.21. The Morgan fingerprint density at radius 3 is 2.37 bits per heavy atom. The number of benzene rings is 1. The smallest absolute Gasteiger partial charge is 0.230 e. The first-order valence-electron chi connectivity index (χ1n) is 7.21. The molecule has 1 aliphatic heterocycles. The summed E-state index contributed by atoms with van der Waals surface area (Å²) in [5.74, 6) is 0.271. The highest BCUT2D eigenvalue weighted by molar-refractivity contribution is 5.83. The third-order valence-corrected chi connectivity index (χ3v) is 3.78. The van der Waals surface area contributed by atoms with Gasteiger partial charge in [-0.1, -0.05) is 37.3 Å². The highest BCUT2D eigenvalue weighted by Crippen LogP contribution is 2.23. The molecule has 3 nitrogen and oxygen atoms in total. The number of hydrogen-bond donors (Lipinski definition) is 1. The van der Waals surface area contributed by atoms with E-state index in [-0.39, 0.29) is 11.8 Å². The fourth-order valence-corrected chi connectivity index (χ4v) is 2.97. The molecule has 19 heavy (non-hydrogen) atoms. The van der Waals surface area contributed by atoms with Crippen molar-refractivity contribution < 1.29 is 4.79 Å². The van der Waals surface area contributed by atoms with Crippen molar-refractivity contribution in [1.29, 1.82) is 0 Å². The Morgan fingerprint density at radius 2 is 1.84 bits per heavy atom. The highest BCUT2D eigenvalue weighted by atomic mass is 16.2. The van der Waals surface area contributed by atoms with E-state index in [9.17, 15) is 4.79 Å². The minimum Gasteiger partial charge on any atom is -0.339 e. The Balaban J connectivity index is 2.13. The van der Waals surface area contributed by atoms with E-state index in [1.165, 1.54) is 0 Å². The van der Waals surface area contributed by atoms with E-state index in [1.54, 1.807) is 0 Å². The minimum absolute atomic E-state index is 0.00120. The van der Waals surface area contributed by atoms with Gasteiger partial charge in [0.1, 0.15) is 0 Å². The predicted molar refractivity (Wildman–Crippen MR) is 78.1 cm³/mol. The molecule has 3 heteroatoms. The first-order chi connectivity index (χ1) is 9.11. The van der Waals surface area contributed by atoms with Crippen molar-refractivity contribution in [2.45, 2.75) is 45.2 Å². The van der Waals surface area contributed by atoms with Crippen molar-refractivity contribution in [2.75, 3.05) is 13.1 Å². The molecular formula is C16H24N2O. The Bertz CT molecular complexity index is 408. The van der Waals surface area contributed by atoms with Crippen LogP contribution in [0.5, 0.6) is 0 Å². The summed E-state index contributed by atoms with van der Waals surface area (Å²) in [4.78, 5) is 14.7. The molecule has 1 N–H and O–H groups in total. The van der Waals surface area contributed by atoms with Crippen LogP contribution in [0.3, 0.4) is 0 Å². The monoisotopic (exact) mass is 260 g/mol. The van der Waals surface area contributed by atoms with E-state index in [4.69, 9.17) is 0 Å². The maximum atomic E-state index is 12.7. The summed E-state index contributed by atoms with van der Waals surface area (Å²) < 4.78 is 0. The number of hydrogen-bond acceptors (Lipinski definition) is 2. The van der Waals surface area contributed by atoms with Crippen molar-refractivity contribution in [2.24, 2.45) is 0 Å². The molecule has 3 atom stereocenters. The quantitative estimate of drug-likeness (QED) is 0.905. The zero-order chi connectivity index (χ0) is 13.8. The number of piperazine rings is 1. The summed E-state index contributed by atoms with van der Waals surface area (Å²) >= 11 is 0. The van der Waals surface area contributed by atoms with Crippen LogP contribution in [0, 0.1) is 0 Å². The van der Waals surface area contributed by atoms with E-state index in [0.29, 0.717) is 12.1 Å². The number of carbonyl (C=O) groups excluding carboxylic acids is 1. The van der Waals surface area contributed by atoms with Crippen molar-refractivity contribution in [3.05, 3.63) is 35.9 Å².